The Hall–Kier alpha value is -1.68. The van der Waals surface area contributed by atoms with E-state index in [0.717, 1.165) is 12.7 Å². The van der Waals surface area contributed by atoms with E-state index in [2.05, 4.69) is 5.32 Å². The van der Waals surface area contributed by atoms with Gasteiger partial charge in [-0.25, -0.2) is 0 Å². The second-order valence-electron chi connectivity index (χ2n) is 3.65. The Bertz CT molecular complexity index is 377. The highest BCUT2D eigenvalue weighted by atomic mass is 16.5. The van der Waals surface area contributed by atoms with Gasteiger partial charge in [0.2, 0.25) is 5.91 Å². The van der Waals surface area contributed by atoms with Gasteiger partial charge in [0.1, 0.15) is 6.29 Å². The van der Waals surface area contributed by atoms with Crippen LogP contribution in [0.3, 0.4) is 0 Å². The van der Waals surface area contributed by atoms with Gasteiger partial charge in [0, 0.05) is 17.9 Å². The van der Waals surface area contributed by atoms with Gasteiger partial charge in [-0.1, -0.05) is 19.1 Å². The van der Waals surface area contributed by atoms with Crippen molar-refractivity contribution in [2.24, 2.45) is 0 Å². The summed E-state index contributed by atoms with van der Waals surface area (Å²) in [5, 5.41) is 2.72. The first-order chi connectivity index (χ1) is 8.26. The number of rotatable bonds is 7. The third-order valence-electron chi connectivity index (χ3n) is 2.13. The van der Waals surface area contributed by atoms with Crippen LogP contribution in [0.4, 0.5) is 5.69 Å². The average molecular weight is 235 g/mol. The van der Waals surface area contributed by atoms with Crippen LogP contribution >= 0.6 is 0 Å². The summed E-state index contributed by atoms with van der Waals surface area (Å²) < 4.78 is 5.22. The van der Waals surface area contributed by atoms with Crippen LogP contribution in [0.1, 0.15) is 30.1 Å². The molecule has 17 heavy (non-hydrogen) atoms. The van der Waals surface area contributed by atoms with E-state index in [9.17, 15) is 9.59 Å². The third kappa shape index (κ3) is 5.26. The summed E-state index contributed by atoms with van der Waals surface area (Å²) in [7, 11) is 0. The molecule has 1 aromatic rings. The van der Waals surface area contributed by atoms with Crippen molar-refractivity contribution in [1.29, 1.82) is 0 Å². The van der Waals surface area contributed by atoms with Crippen LogP contribution in [0.15, 0.2) is 24.3 Å². The SMILES string of the molecule is CCCOCCC(=O)Nc1cccc(C=O)c1. The van der Waals surface area contributed by atoms with Crippen LogP contribution in [-0.2, 0) is 9.53 Å². The molecule has 0 aliphatic carbocycles. The maximum absolute atomic E-state index is 11.5. The summed E-state index contributed by atoms with van der Waals surface area (Å²) in [5.74, 6) is -0.107. The van der Waals surface area contributed by atoms with E-state index in [1.807, 2.05) is 6.92 Å². The van der Waals surface area contributed by atoms with Crippen molar-refractivity contribution in [2.75, 3.05) is 18.5 Å². The second kappa shape index (κ2) is 7.57. The molecule has 1 amide bonds. The summed E-state index contributed by atoms with van der Waals surface area (Å²) in [6.07, 6.45) is 2.02. The highest BCUT2D eigenvalue weighted by molar-refractivity contribution is 5.91. The molecule has 0 aromatic heterocycles. The topological polar surface area (TPSA) is 55.4 Å². The zero-order valence-electron chi connectivity index (χ0n) is 9.94. The van der Waals surface area contributed by atoms with E-state index in [1.54, 1.807) is 24.3 Å². The highest BCUT2D eigenvalue weighted by Crippen LogP contribution is 2.09. The molecule has 0 fully saturated rings. The smallest absolute Gasteiger partial charge is 0.226 e. The number of anilines is 1. The molecule has 0 bridgehead atoms. The van der Waals surface area contributed by atoms with E-state index in [4.69, 9.17) is 4.74 Å². The predicted molar refractivity (Wildman–Crippen MR) is 66.2 cm³/mol. The van der Waals surface area contributed by atoms with E-state index in [-0.39, 0.29) is 5.91 Å². The lowest BCUT2D eigenvalue weighted by Gasteiger charge is -2.06. The molecule has 0 aliphatic rings. The molecule has 0 radical (unpaired) electrons. The molecule has 92 valence electrons. The average Bonchev–Trinajstić information content (AvgIpc) is 2.35. The van der Waals surface area contributed by atoms with Gasteiger partial charge in [0.05, 0.1) is 13.0 Å². The maximum Gasteiger partial charge on any atom is 0.226 e. The first kappa shape index (κ1) is 13.4. The molecule has 1 N–H and O–H groups in total. The largest absolute Gasteiger partial charge is 0.381 e. The monoisotopic (exact) mass is 235 g/mol. The lowest BCUT2D eigenvalue weighted by molar-refractivity contribution is -0.117. The Morgan fingerprint density at radius 1 is 1.41 bits per heavy atom. The van der Waals surface area contributed by atoms with Crippen LogP contribution in [0.5, 0.6) is 0 Å². The lowest BCUT2D eigenvalue weighted by Crippen LogP contribution is -2.14. The number of aldehydes is 1. The lowest BCUT2D eigenvalue weighted by atomic mass is 10.2. The molecule has 0 heterocycles. The summed E-state index contributed by atoms with van der Waals surface area (Å²) in [4.78, 5) is 22.1. The molecule has 0 saturated heterocycles. The van der Waals surface area contributed by atoms with Gasteiger partial charge in [-0.2, -0.15) is 0 Å². The summed E-state index contributed by atoms with van der Waals surface area (Å²) >= 11 is 0. The zero-order valence-corrected chi connectivity index (χ0v) is 9.94. The van der Waals surface area contributed by atoms with Crippen molar-refractivity contribution in [3.05, 3.63) is 29.8 Å². The molecular weight excluding hydrogens is 218 g/mol. The first-order valence-corrected chi connectivity index (χ1v) is 5.69. The fourth-order valence-corrected chi connectivity index (χ4v) is 1.32. The van der Waals surface area contributed by atoms with E-state index in [1.165, 1.54) is 0 Å². The van der Waals surface area contributed by atoms with Gasteiger partial charge in [-0.15, -0.1) is 0 Å². The Morgan fingerprint density at radius 2 is 2.24 bits per heavy atom. The molecule has 0 aliphatic heterocycles. The second-order valence-corrected chi connectivity index (χ2v) is 3.65. The number of amides is 1. The standard InChI is InChI=1S/C13H17NO3/c1-2-7-17-8-6-13(16)14-12-5-3-4-11(9-12)10-15/h3-5,9-10H,2,6-8H2,1H3,(H,14,16). The maximum atomic E-state index is 11.5. The molecule has 0 unspecified atom stereocenters. The number of nitrogens with one attached hydrogen (secondary N) is 1. The highest BCUT2D eigenvalue weighted by Gasteiger charge is 2.02. The Balaban J connectivity index is 2.36. The Labute approximate surface area is 101 Å². The summed E-state index contributed by atoms with van der Waals surface area (Å²) in [6, 6.07) is 6.80. The van der Waals surface area contributed by atoms with Crippen LogP contribution in [0.25, 0.3) is 0 Å². The normalized spacial score (nSPS) is 9.94. The molecule has 0 saturated carbocycles. The predicted octanol–water partition coefficient (Wildman–Crippen LogP) is 2.25. The van der Waals surface area contributed by atoms with Gasteiger partial charge >= 0.3 is 0 Å². The van der Waals surface area contributed by atoms with Crippen molar-refractivity contribution in [3.8, 4) is 0 Å². The molecule has 4 nitrogen and oxygen atoms in total. The molecule has 0 spiro atoms. The summed E-state index contributed by atoms with van der Waals surface area (Å²) in [5.41, 5.74) is 1.18. The van der Waals surface area contributed by atoms with Crippen molar-refractivity contribution in [2.45, 2.75) is 19.8 Å². The van der Waals surface area contributed by atoms with Gasteiger partial charge in [0.25, 0.3) is 0 Å². The van der Waals surface area contributed by atoms with Gasteiger partial charge in [-0.3, -0.25) is 9.59 Å². The third-order valence-corrected chi connectivity index (χ3v) is 2.13. The summed E-state index contributed by atoms with van der Waals surface area (Å²) in [6.45, 7) is 3.12. The molecule has 1 rings (SSSR count). The molecular formula is C13H17NO3. The Kier molecular flexibility index (Phi) is 5.96. The minimum absolute atomic E-state index is 0.107. The van der Waals surface area contributed by atoms with E-state index in [0.29, 0.717) is 30.9 Å². The minimum atomic E-state index is -0.107. The molecule has 0 atom stereocenters. The van der Waals surface area contributed by atoms with Gasteiger partial charge in [-0.05, 0) is 18.6 Å². The number of ether oxygens (including phenoxy) is 1. The quantitative estimate of drug-likeness (QED) is 0.582. The van der Waals surface area contributed by atoms with E-state index < -0.39 is 0 Å². The van der Waals surface area contributed by atoms with Crippen LogP contribution in [0.2, 0.25) is 0 Å². The molecule has 4 heteroatoms. The van der Waals surface area contributed by atoms with Gasteiger partial charge in [0.15, 0.2) is 0 Å². The number of hydrogen-bond acceptors (Lipinski definition) is 3. The fraction of sp³-hybridized carbons (Fsp3) is 0.385. The van der Waals surface area contributed by atoms with E-state index >= 15 is 0 Å². The Morgan fingerprint density at radius 3 is 2.94 bits per heavy atom. The van der Waals surface area contributed by atoms with Crippen molar-refractivity contribution < 1.29 is 14.3 Å². The number of hydrogen-bond donors (Lipinski definition) is 1. The molecule has 1 aromatic carbocycles. The zero-order chi connectivity index (χ0) is 12.5. The van der Waals surface area contributed by atoms with Crippen LogP contribution in [0, 0.1) is 0 Å². The fourth-order valence-electron chi connectivity index (χ4n) is 1.32. The van der Waals surface area contributed by atoms with Crippen molar-refractivity contribution >= 4 is 17.9 Å². The first-order valence-electron chi connectivity index (χ1n) is 5.69. The van der Waals surface area contributed by atoms with Crippen molar-refractivity contribution in [3.63, 3.8) is 0 Å². The van der Waals surface area contributed by atoms with Gasteiger partial charge < -0.3 is 10.1 Å². The minimum Gasteiger partial charge on any atom is -0.381 e. The number of benzene rings is 1. The van der Waals surface area contributed by atoms with Crippen molar-refractivity contribution in [1.82, 2.24) is 0 Å². The van der Waals surface area contributed by atoms with Crippen LogP contribution in [-0.4, -0.2) is 25.4 Å². The number of carbonyl (C=O) groups excluding carboxylic acids is 2. The number of carbonyl (C=O) groups is 2. The van der Waals surface area contributed by atoms with Crippen LogP contribution < -0.4 is 5.32 Å².